The molecular formula is C16H26FN3O3. The first kappa shape index (κ1) is 19.5. The van der Waals surface area contributed by atoms with Gasteiger partial charge in [-0.25, -0.2) is 9.87 Å². The lowest BCUT2D eigenvalue weighted by Gasteiger charge is -2.24. The Morgan fingerprint density at radius 1 is 1.48 bits per heavy atom. The van der Waals surface area contributed by atoms with Gasteiger partial charge < -0.3 is 10.8 Å². The van der Waals surface area contributed by atoms with Crippen molar-refractivity contribution in [2.75, 3.05) is 0 Å². The van der Waals surface area contributed by atoms with Gasteiger partial charge in [0.25, 0.3) is 0 Å². The summed E-state index contributed by atoms with van der Waals surface area (Å²) >= 11 is 0. The molecule has 6 nitrogen and oxygen atoms in total. The van der Waals surface area contributed by atoms with Crippen molar-refractivity contribution in [1.82, 2.24) is 10.5 Å². The Morgan fingerprint density at radius 3 is 2.70 bits per heavy atom. The number of halogens is 1. The van der Waals surface area contributed by atoms with E-state index in [1.807, 2.05) is 6.07 Å². The number of pyridine rings is 1. The van der Waals surface area contributed by atoms with E-state index in [2.05, 4.69) is 4.98 Å². The maximum atomic E-state index is 13.6. The van der Waals surface area contributed by atoms with Crippen molar-refractivity contribution >= 4 is 5.91 Å². The molecule has 0 saturated heterocycles. The number of amides is 1. The van der Waals surface area contributed by atoms with E-state index in [1.54, 1.807) is 23.8 Å². The molecule has 130 valence electrons. The number of carbonyl (C=O) groups is 1. The summed E-state index contributed by atoms with van der Waals surface area (Å²) in [6, 6.07) is 4.81. The highest BCUT2D eigenvalue weighted by Gasteiger charge is 2.28. The summed E-state index contributed by atoms with van der Waals surface area (Å²) in [4.78, 5) is 15.8. The van der Waals surface area contributed by atoms with Crippen molar-refractivity contribution in [3.05, 3.63) is 30.1 Å². The second-order valence-corrected chi connectivity index (χ2v) is 6.42. The third-order valence-electron chi connectivity index (χ3n) is 3.76. The molecule has 0 spiro atoms. The largest absolute Gasteiger partial charge is 0.391 e. The van der Waals surface area contributed by atoms with Crippen molar-refractivity contribution in [2.45, 2.75) is 57.3 Å². The van der Waals surface area contributed by atoms with Gasteiger partial charge in [-0.3, -0.25) is 15.0 Å². The summed E-state index contributed by atoms with van der Waals surface area (Å²) in [7, 11) is 0. The molecule has 3 atom stereocenters. The summed E-state index contributed by atoms with van der Waals surface area (Å²) in [5.41, 5.74) is 6.85. The van der Waals surface area contributed by atoms with Gasteiger partial charge in [0.05, 0.1) is 6.10 Å². The Bertz CT molecular complexity index is 479. The lowest BCUT2D eigenvalue weighted by molar-refractivity contribution is -0.135. The zero-order valence-corrected chi connectivity index (χ0v) is 13.6. The van der Waals surface area contributed by atoms with E-state index in [-0.39, 0.29) is 19.3 Å². The second-order valence-electron chi connectivity index (χ2n) is 6.42. The summed E-state index contributed by atoms with van der Waals surface area (Å²) in [6.07, 6.45) is 1.46. The number of aliphatic hydroxyl groups excluding tert-OH is 1. The standard InChI is InChI=1S/C16H26FN3O3/c1-16(2,17)7-6-11(15(22)20-23)9-14(21)13(18)10-12-5-3-4-8-19-12/h3-5,8,11,13-14,21,23H,6-7,9-10,18H2,1-2H3,(H,20,22). The van der Waals surface area contributed by atoms with Gasteiger partial charge in [-0.05, 0) is 45.2 Å². The summed E-state index contributed by atoms with van der Waals surface area (Å²) in [5, 5.41) is 19.0. The quantitative estimate of drug-likeness (QED) is 0.404. The zero-order chi connectivity index (χ0) is 17.5. The fraction of sp³-hybridized carbons (Fsp3) is 0.625. The van der Waals surface area contributed by atoms with Gasteiger partial charge >= 0.3 is 0 Å². The van der Waals surface area contributed by atoms with Crippen molar-refractivity contribution in [2.24, 2.45) is 11.7 Å². The summed E-state index contributed by atoms with van der Waals surface area (Å²) in [6.45, 7) is 2.84. The zero-order valence-electron chi connectivity index (χ0n) is 13.6. The molecule has 0 aliphatic rings. The number of nitrogens with two attached hydrogens (primary N) is 1. The number of hydrogen-bond acceptors (Lipinski definition) is 5. The molecule has 0 bridgehead atoms. The Morgan fingerprint density at radius 2 is 2.17 bits per heavy atom. The van der Waals surface area contributed by atoms with Crippen LogP contribution in [0.15, 0.2) is 24.4 Å². The lowest BCUT2D eigenvalue weighted by Crippen LogP contribution is -2.41. The average molecular weight is 327 g/mol. The van der Waals surface area contributed by atoms with Crippen LogP contribution in [0.25, 0.3) is 0 Å². The van der Waals surface area contributed by atoms with Crippen molar-refractivity contribution in [3.8, 4) is 0 Å². The molecule has 1 amide bonds. The van der Waals surface area contributed by atoms with Crippen LogP contribution >= 0.6 is 0 Å². The first-order valence-electron chi connectivity index (χ1n) is 7.69. The van der Waals surface area contributed by atoms with Crippen LogP contribution in [0, 0.1) is 5.92 Å². The van der Waals surface area contributed by atoms with E-state index in [4.69, 9.17) is 10.9 Å². The van der Waals surface area contributed by atoms with E-state index in [0.717, 1.165) is 5.69 Å². The molecule has 3 unspecified atom stereocenters. The Hall–Kier alpha value is -1.57. The van der Waals surface area contributed by atoms with Crippen molar-refractivity contribution in [3.63, 3.8) is 0 Å². The number of aromatic nitrogens is 1. The number of carbonyl (C=O) groups excluding carboxylic acids is 1. The van der Waals surface area contributed by atoms with Crippen molar-refractivity contribution < 1.29 is 19.5 Å². The minimum Gasteiger partial charge on any atom is -0.391 e. The summed E-state index contributed by atoms with van der Waals surface area (Å²) < 4.78 is 13.6. The molecule has 0 aliphatic heterocycles. The Balaban J connectivity index is 2.60. The van der Waals surface area contributed by atoms with Gasteiger partial charge in [0.15, 0.2) is 0 Å². The van der Waals surface area contributed by atoms with E-state index in [1.165, 1.54) is 13.8 Å². The van der Waals surface area contributed by atoms with E-state index in [0.29, 0.717) is 6.42 Å². The van der Waals surface area contributed by atoms with Crippen LogP contribution in [0.5, 0.6) is 0 Å². The number of nitrogens with zero attached hydrogens (tertiary/aromatic N) is 1. The molecule has 0 radical (unpaired) electrons. The van der Waals surface area contributed by atoms with Crippen LogP contribution in [0.1, 0.15) is 38.8 Å². The summed E-state index contributed by atoms with van der Waals surface area (Å²) in [5.74, 6) is -1.35. The number of rotatable bonds is 9. The number of hydrogen-bond donors (Lipinski definition) is 4. The van der Waals surface area contributed by atoms with Crippen LogP contribution in [0.2, 0.25) is 0 Å². The highest BCUT2D eigenvalue weighted by atomic mass is 19.1. The molecule has 7 heteroatoms. The molecule has 1 aromatic heterocycles. The third kappa shape index (κ3) is 7.49. The topological polar surface area (TPSA) is 108 Å². The normalized spacial score (nSPS) is 15.7. The maximum absolute atomic E-state index is 13.6. The van der Waals surface area contributed by atoms with Gasteiger partial charge in [0, 0.05) is 30.3 Å². The first-order valence-corrected chi connectivity index (χ1v) is 7.69. The van der Waals surface area contributed by atoms with Gasteiger partial charge in [-0.1, -0.05) is 6.07 Å². The minimum atomic E-state index is -1.42. The first-order chi connectivity index (χ1) is 10.7. The molecule has 23 heavy (non-hydrogen) atoms. The van der Waals surface area contributed by atoms with Gasteiger partial charge in [0.1, 0.15) is 5.67 Å². The molecule has 1 aromatic rings. The monoisotopic (exact) mass is 327 g/mol. The molecule has 0 fully saturated rings. The molecular weight excluding hydrogens is 301 g/mol. The fourth-order valence-electron chi connectivity index (χ4n) is 2.33. The van der Waals surface area contributed by atoms with Crippen LogP contribution in [0.3, 0.4) is 0 Å². The predicted molar refractivity (Wildman–Crippen MR) is 84.4 cm³/mol. The maximum Gasteiger partial charge on any atom is 0.246 e. The molecule has 1 heterocycles. The fourth-order valence-corrected chi connectivity index (χ4v) is 2.33. The Labute approximate surface area is 135 Å². The SMILES string of the molecule is CC(C)(F)CCC(CC(O)C(N)Cc1ccccn1)C(=O)NO. The highest BCUT2D eigenvalue weighted by molar-refractivity contribution is 5.77. The van der Waals surface area contributed by atoms with E-state index in [9.17, 15) is 14.3 Å². The van der Waals surface area contributed by atoms with Crippen LogP contribution in [-0.4, -0.2) is 39.0 Å². The lowest BCUT2D eigenvalue weighted by atomic mass is 9.88. The van der Waals surface area contributed by atoms with Crippen molar-refractivity contribution in [1.29, 1.82) is 0 Å². The minimum absolute atomic E-state index is 0.0521. The number of hydroxylamine groups is 1. The predicted octanol–water partition coefficient (Wildman–Crippen LogP) is 1.35. The number of alkyl halides is 1. The third-order valence-corrected chi connectivity index (χ3v) is 3.76. The van der Waals surface area contributed by atoms with Gasteiger partial charge in [-0.15, -0.1) is 0 Å². The van der Waals surface area contributed by atoms with Crippen LogP contribution in [-0.2, 0) is 11.2 Å². The van der Waals surface area contributed by atoms with E-state index < -0.39 is 29.6 Å². The Kier molecular flexibility index (Phi) is 7.54. The van der Waals surface area contributed by atoms with E-state index >= 15 is 0 Å². The average Bonchev–Trinajstić information content (AvgIpc) is 2.50. The number of nitrogens with one attached hydrogen (secondary N) is 1. The second kappa shape index (κ2) is 8.90. The number of aliphatic hydroxyl groups is 1. The molecule has 0 aromatic carbocycles. The molecule has 5 N–H and O–H groups in total. The molecule has 0 aliphatic carbocycles. The highest BCUT2D eigenvalue weighted by Crippen LogP contribution is 2.23. The molecule has 1 rings (SSSR count). The van der Waals surface area contributed by atoms with Crippen LogP contribution < -0.4 is 11.2 Å². The molecule has 0 saturated carbocycles. The van der Waals surface area contributed by atoms with Crippen LogP contribution in [0.4, 0.5) is 4.39 Å². The van der Waals surface area contributed by atoms with Gasteiger partial charge in [-0.2, -0.15) is 0 Å². The smallest absolute Gasteiger partial charge is 0.246 e. The van der Waals surface area contributed by atoms with Gasteiger partial charge in [0.2, 0.25) is 5.91 Å².